The molecule has 1 heterocycles. The molecule has 0 bridgehead atoms. The first kappa shape index (κ1) is 20.4. The summed E-state index contributed by atoms with van der Waals surface area (Å²) in [5.74, 6) is 1.14. The molecular weight excluding hydrogens is 392 g/mol. The molecule has 1 aromatic heterocycles. The average Bonchev–Trinajstić information content (AvgIpc) is 3.11. The van der Waals surface area contributed by atoms with Crippen LogP contribution in [0.4, 0.5) is 0 Å². The molecule has 0 atom stereocenters. The maximum atomic E-state index is 12.2. The molecule has 1 amide bonds. The lowest BCUT2D eigenvalue weighted by molar-refractivity contribution is -0.118. The van der Waals surface area contributed by atoms with Crippen LogP contribution in [0.5, 0.6) is 0 Å². The molecule has 5 nitrogen and oxygen atoms in total. The minimum Gasteiger partial charge on any atom is -0.355 e. The molecule has 3 aromatic rings. The van der Waals surface area contributed by atoms with Crippen molar-refractivity contribution in [2.45, 2.75) is 32.0 Å². The molecule has 7 heteroatoms. The molecule has 1 N–H and O–H groups in total. The van der Waals surface area contributed by atoms with Crippen LogP contribution in [0.3, 0.4) is 0 Å². The Morgan fingerprint density at radius 1 is 1.14 bits per heavy atom. The monoisotopic (exact) mass is 414 g/mol. The van der Waals surface area contributed by atoms with Crippen LogP contribution >= 0.6 is 23.4 Å². The van der Waals surface area contributed by atoms with Gasteiger partial charge in [0, 0.05) is 23.7 Å². The van der Waals surface area contributed by atoms with Crippen molar-refractivity contribution in [3.63, 3.8) is 0 Å². The van der Waals surface area contributed by atoms with E-state index in [-0.39, 0.29) is 5.91 Å². The minimum atomic E-state index is -0.0120. The summed E-state index contributed by atoms with van der Waals surface area (Å²) in [5.41, 5.74) is 3.36. The summed E-state index contributed by atoms with van der Waals surface area (Å²) < 4.78 is 2.05. The molecule has 0 aliphatic carbocycles. The van der Waals surface area contributed by atoms with Gasteiger partial charge in [-0.05, 0) is 43.5 Å². The molecule has 0 saturated carbocycles. The Morgan fingerprint density at radius 2 is 1.89 bits per heavy atom. The third-order valence-electron chi connectivity index (χ3n) is 4.40. The van der Waals surface area contributed by atoms with E-state index in [0.717, 1.165) is 40.6 Å². The van der Waals surface area contributed by atoms with Crippen molar-refractivity contribution in [2.24, 2.45) is 0 Å². The predicted octanol–water partition coefficient (Wildman–Crippen LogP) is 4.38. The number of halogens is 1. The quantitative estimate of drug-likeness (QED) is 0.556. The molecule has 146 valence electrons. The van der Waals surface area contributed by atoms with Crippen molar-refractivity contribution in [2.75, 3.05) is 12.3 Å². The van der Waals surface area contributed by atoms with E-state index in [1.807, 2.05) is 47.0 Å². The van der Waals surface area contributed by atoms with Gasteiger partial charge in [0.15, 0.2) is 11.0 Å². The normalized spacial score (nSPS) is 10.8. The first-order valence-electron chi connectivity index (χ1n) is 9.21. The first-order valence-corrected chi connectivity index (χ1v) is 10.6. The van der Waals surface area contributed by atoms with Crippen LogP contribution in [0.2, 0.25) is 5.02 Å². The largest absolute Gasteiger partial charge is 0.355 e. The third kappa shape index (κ3) is 5.14. The molecule has 0 radical (unpaired) electrons. The van der Waals surface area contributed by atoms with E-state index in [0.29, 0.717) is 17.3 Å². The van der Waals surface area contributed by atoms with Gasteiger partial charge in [-0.25, -0.2) is 0 Å². The van der Waals surface area contributed by atoms with E-state index in [4.69, 9.17) is 11.6 Å². The maximum Gasteiger partial charge on any atom is 0.230 e. The second-order valence-corrected chi connectivity index (χ2v) is 7.76. The summed E-state index contributed by atoms with van der Waals surface area (Å²) in [5, 5.41) is 13.1. The van der Waals surface area contributed by atoms with Crippen LogP contribution < -0.4 is 5.32 Å². The number of aryl methyl sites for hydroxylation is 1. The lowest BCUT2D eigenvalue weighted by atomic mass is 10.1. The predicted molar refractivity (Wildman–Crippen MR) is 115 cm³/mol. The van der Waals surface area contributed by atoms with Gasteiger partial charge in [-0.3, -0.25) is 4.79 Å². The Kier molecular flexibility index (Phi) is 7.12. The molecule has 2 aromatic carbocycles. The van der Waals surface area contributed by atoms with Crippen molar-refractivity contribution in [3.8, 4) is 11.4 Å². The van der Waals surface area contributed by atoms with Crippen LogP contribution in [0.25, 0.3) is 11.4 Å². The van der Waals surface area contributed by atoms with Gasteiger partial charge in [0.25, 0.3) is 0 Å². The van der Waals surface area contributed by atoms with E-state index in [1.165, 1.54) is 11.8 Å². The van der Waals surface area contributed by atoms with Gasteiger partial charge in [0.05, 0.1) is 5.75 Å². The molecule has 28 heavy (non-hydrogen) atoms. The van der Waals surface area contributed by atoms with Gasteiger partial charge in [0.1, 0.15) is 0 Å². The molecular formula is C21H23ClN4OS. The Morgan fingerprint density at radius 3 is 2.61 bits per heavy atom. The van der Waals surface area contributed by atoms with Crippen LogP contribution in [0.1, 0.15) is 18.1 Å². The number of nitrogens with zero attached hydrogens (tertiary/aromatic N) is 3. The molecule has 0 spiro atoms. The number of nitrogens with one attached hydrogen (secondary N) is 1. The highest BCUT2D eigenvalue weighted by Gasteiger charge is 2.15. The molecule has 0 aliphatic rings. The molecule has 0 fully saturated rings. The zero-order valence-electron chi connectivity index (χ0n) is 16.0. The zero-order chi connectivity index (χ0) is 19.9. The SMILES string of the molecule is CCn1c(SCC(=O)NCCc2ccc(Cl)cc2)nnc1-c1ccccc1C. The van der Waals surface area contributed by atoms with Crippen molar-refractivity contribution < 1.29 is 4.79 Å². The number of benzene rings is 2. The summed E-state index contributed by atoms with van der Waals surface area (Å²) in [7, 11) is 0. The standard InChI is InChI=1S/C21H23ClN4OS/c1-3-26-20(18-7-5-4-6-15(18)2)24-25-21(26)28-14-19(27)23-13-12-16-8-10-17(22)11-9-16/h4-11H,3,12-14H2,1-2H3,(H,23,27). The Bertz CT molecular complexity index is 940. The molecule has 3 rings (SSSR count). The summed E-state index contributed by atoms with van der Waals surface area (Å²) in [4.78, 5) is 12.2. The van der Waals surface area contributed by atoms with Gasteiger partial charge in [-0.1, -0.05) is 59.8 Å². The Labute approximate surface area is 174 Å². The fraction of sp³-hybridized carbons (Fsp3) is 0.286. The lowest BCUT2D eigenvalue weighted by Crippen LogP contribution is -2.27. The van der Waals surface area contributed by atoms with Gasteiger partial charge >= 0.3 is 0 Å². The van der Waals surface area contributed by atoms with E-state index >= 15 is 0 Å². The fourth-order valence-corrected chi connectivity index (χ4v) is 3.84. The average molecular weight is 415 g/mol. The highest BCUT2D eigenvalue weighted by atomic mass is 35.5. The van der Waals surface area contributed by atoms with E-state index in [1.54, 1.807) is 0 Å². The van der Waals surface area contributed by atoms with Gasteiger partial charge in [0.2, 0.25) is 5.91 Å². The number of hydrogen-bond acceptors (Lipinski definition) is 4. The topological polar surface area (TPSA) is 59.8 Å². The first-order chi connectivity index (χ1) is 13.6. The van der Waals surface area contributed by atoms with Gasteiger partial charge < -0.3 is 9.88 Å². The number of carbonyl (C=O) groups excluding carboxylic acids is 1. The summed E-state index contributed by atoms with van der Waals surface area (Å²) >= 11 is 7.29. The third-order valence-corrected chi connectivity index (χ3v) is 5.62. The van der Waals surface area contributed by atoms with Crippen molar-refractivity contribution >= 4 is 29.3 Å². The van der Waals surface area contributed by atoms with Crippen molar-refractivity contribution in [1.82, 2.24) is 20.1 Å². The summed E-state index contributed by atoms with van der Waals surface area (Å²) in [6.07, 6.45) is 0.774. The number of hydrogen-bond donors (Lipinski definition) is 1. The summed E-state index contributed by atoms with van der Waals surface area (Å²) in [6.45, 7) is 5.46. The zero-order valence-corrected chi connectivity index (χ0v) is 17.6. The van der Waals surface area contributed by atoms with Gasteiger partial charge in [-0.2, -0.15) is 0 Å². The van der Waals surface area contributed by atoms with Crippen molar-refractivity contribution in [1.29, 1.82) is 0 Å². The number of thioether (sulfide) groups is 1. The fourth-order valence-electron chi connectivity index (χ4n) is 2.88. The van der Waals surface area contributed by atoms with Crippen LogP contribution in [-0.4, -0.2) is 33.0 Å². The minimum absolute atomic E-state index is 0.0120. The second kappa shape index (κ2) is 9.75. The van der Waals surface area contributed by atoms with Crippen LogP contribution in [0, 0.1) is 6.92 Å². The summed E-state index contributed by atoms with van der Waals surface area (Å²) in [6, 6.07) is 15.8. The number of rotatable bonds is 8. The number of amides is 1. The molecule has 0 unspecified atom stereocenters. The van der Waals surface area contributed by atoms with Crippen LogP contribution in [-0.2, 0) is 17.8 Å². The highest BCUT2D eigenvalue weighted by molar-refractivity contribution is 7.99. The maximum absolute atomic E-state index is 12.2. The highest BCUT2D eigenvalue weighted by Crippen LogP contribution is 2.26. The molecule has 0 aliphatic heterocycles. The number of carbonyl (C=O) groups is 1. The Hall–Kier alpha value is -2.31. The molecule has 0 saturated heterocycles. The number of aromatic nitrogens is 3. The van der Waals surface area contributed by atoms with E-state index in [9.17, 15) is 4.79 Å². The smallest absolute Gasteiger partial charge is 0.230 e. The van der Waals surface area contributed by atoms with Crippen LogP contribution in [0.15, 0.2) is 53.7 Å². The van der Waals surface area contributed by atoms with E-state index < -0.39 is 0 Å². The van der Waals surface area contributed by atoms with E-state index in [2.05, 4.69) is 35.4 Å². The Balaban J connectivity index is 1.55. The lowest BCUT2D eigenvalue weighted by Gasteiger charge is -2.09. The second-order valence-electron chi connectivity index (χ2n) is 6.38. The van der Waals surface area contributed by atoms with Crippen molar-refractivity contribution in [3.05, 3.63) is 64.7 Å². The van der Waals surface area contributed by atoms with Gasteiger partial charge in [-0.15, -0.1) is 10.2 Å².